The van der Waals surface area contributed by atoms with Crippen LogP contribution < -0.4 is 5.14 Å². The number of nitrogens with two attached hydrogens (primary N) is 1. The summed E-state index contributed by atoms with van der Waals surface area (Å²) in [7, 11) is -3.88. The number of nitrogens with zero attached hydrogens (tertiary/aromatic N) is 2. The molecule has 0 amide bonds. The van der Waals surface area contributed by atoms with Crippen molar-refractivity contribution in [2.45, 2.75) is 6.61 Å². The molecule has 0 bridgehead atoms. The molecule has 0 aromatic carbocycles. The molecule has 7 heteroatoms. The Morgan fingerprint density at radius 3 is 2.83 bits per heavy atom. The molecule has 0 atom stereocenters. The molecule has 0 aliphatic carbocycles. The van der Waals surface area contributed by atoms with Gasteiger partial charge in [0.1, 0.15) is 12.9 Å². The lowest BCUT2D eigenvalue weighted by molar-refractivity contribution is 0.304. The monoisotopic (exact) mass is 189 g/mol. The normalized spacial score (nSPS) is 11.4. The highest BCUT2D eigenvalue weighted by atomic mass is 32.2. The van der Waals surface area contributed by atoms with E-state index >= 15 is 0 Å². The Hall–Kier alpha value is -1.05. The lowest BCUT2D eigenvalue weighted by Crippen LogP contribution is -2.15. The molecule has 2 N–H and O–H groups in total. The molecule has 0 unspecified atom stereocenters. The number of hydrogen-bond donors (Lipinski definition) is 1. The summed E-state index contributed by atoms with van der Waals surface area (Å²) in [5, 5.41) is 4.59. The van der Waals surface area contributed by atoms with Crippen LogP contribution in [0.25, 0.3) is 0 Å². The fourth-order valence-corrected chi connectivity index (χ4v) is 0.831. The molecule has 0 saturated carbocycles. The first kappa shape index (κ1) is 9.04. The molecule has 0 fully saturated rings. The summed E-state index contributed by atoms with van der Waals surface area (Å²) in [6, 6.07) is 1.53. The predicted molar refractivity (Wildman–Crippen MR) is 39.9 cm³/mol. The number of aromatic nitrogens is 2. The van der Waals surface area contributed by atoms with Crippen LogP contribution in [-0.4, -0.2) is 18.4 Å². The second-order valence-electron chi connectivity index (χ2n) is 1.96. The average Bonchev–Trinajstić information content (AvgIpc) is 2.02. The van der Waals surface area contributed by atoms with Gasteiger partial charge in [0.15, 0.2) is 0 Å². The maximum atomic E-state index is 10.3. The van der Waals surface area contributed by atoms with Gasteiger partial charge in [0.2, 0.25) is 0 Å². The molecule has 0 aliphatic heterocycles. The van der Waals surface area contributed by atoms with Crippen LogP contribution in [0.5, 0.6) is 0 Å². The molecule has 0 aliphatic rings. The van der Waals surface area contributed by atoms with E-state index in [0.29, 0.717) is 5.69 Å². The summed E-state index contributed by atoms with van der Waals surface area (Å²) in [4.78, 5) is 7.37. The Morgan fingerprint density at radius 2 is 2.33 bits per heavy atom. The van der Waals surface area contributed by atoms with Gasteiger partial charge in [-0.15, -0.1) is 0 Å². The van der Waals surface area contributed by atoms with Gasteiger partial charge in [-0.25, -0.2) is 15.1 Å². The topological polar surface area (TPSA) is 95.2 Å². The van der Waals surface area contributed by atoms with E-state index in [1.165, 1.54) is 18.6 Å². The largest absolute Gasteiger partial charge is 0.333 e. The SMILES string of the molecule is NS(=O)(=O)OCc1ccncn1. The summed E-state index contributed by atoms with van der Waals surface area (Å²) in [5.41, 5.74) is 0.457. The van der Waals surface area contributed by atoms with Crippen molar-refractivity contribution in [3.05, 3.63) is 24.3 Å². The minimum absolute atomic E-state index is 0.165. The highest BCUT2D eigenvalue weighted by molar-refractivity contribution is 7.84. The van der Waals surface area contributed by atoms with Gasteiger partial charge in [-0.2, -0.15) is 8.42 Å². The third-order valence-corrected chi connectivity index (χ3v) is 1.46. The summed E-state index contributed by atoms with van der Waals surface area (Å²) in [5.74, 6) is 0. The van der Waals surface area contributed by atoms with Gasteiger partial charge in [-0.1, -0.05) is 0 Å². The summed E-state index contributed by atoms with van der Waals surface area (Å²) in [6.07, 6.45) is 2.77. The zero-order chi connectivity index (χ0) is 9.03. The van der Waals surface area contributed by atoms with Gasteiger partial charge in [0, 0.05) is 6.20 Å². The summed E-state index contributed by atoms with van der Waals surface area (Å²) >= 11 is 0. The number of rotatable bonds is 3. The van der Waals surface area contributed by atoms with E-state index in [2.05, 4.69) is 19.3 Å². The Labute approximate surface area is 69.7 Å². The molecule has 1 heterocycles. The maximum Gasteiger partial charge on any atom is 0.333 e. The fraction of sp³-hybridized carbons (Fsp3) is 0.200. The van der Waals surface area contributed by atoms with Gasteiger partial charge >= 0.3 is 10.3 Å². The Morgan fingerprint density at radius 1 is 1.58 bits per heavy atom. The first-order valence-electron chi connectivity index (χ1n) is 3.00. The molecule has 6 nitrogen and oxygen atoms in total. The molecule has 0 spiro atoms. The molecule has 0 saturated heterocycles. The minimum atomic E-state index is -3.88. The van der Waals surface area contributed by atoms with Gasteiger partial charge in [-0.05, 0) is 6.07 Å². The van der Waals surface area contributed by atoms with E-state index in [0.717, 1.165) is 0 Å². The molecule has 1 aromatic rings. The van der Waals surface area contributed by atoms with E-state index < -0.39 is 10.3 Å². The van der Waals surface area contributed by atoms with Crippen molar-refractivity contribution in [2.75, 3.05) is 0 Å². The van der Waals surface area contributed by atoms with Crippen LogP contribution >= 0.6 is 0 Å². The Bertz CT molecular complexity index is 336. The van der Waals surface area contributed by atoms with Crippen LogP contribution in [0.3, 0.4) is 0 Å². The highest BCUT2D eigenvalue weighted by Gasteiger charge is 2.02. The Balaban J connectivity index is 2.56. The first-order valence-corrected chi connectivity index (χ1v) is 4.47. The quantitative estimate of drug-likeness (QED) is 0.671. The van der Waals surface area contributed by atoms with Crippen LogP contribution in [0.2, 0.25) is 0 Å². The van der Waals surface area contributed by atoms with Crippen molar-refractivity contribution in [1.29, 1.82) is 0 Å². The van der Waals surface area contributed by atoms with Gasteiger partial charge < -0.3 is 0 Å². The lowest BCUT2D eigenvalue weighted by atomic mass is 10.4. The van der Waals surface area contributed by atoms with Gasteiger partial charge in [-0.3, -0.25) is 4.18 Å². The van der Waals surface area contributed by atoms with Crippen LogP contribution in [-0.2, 0) is 21.1 Å². The summed E-state index contributed by atoms with van der Waals surface area (Å²) < 4.78 is 24.9. The van der Waals surface area contributed by atoms with E-state index in [1.807, 2.05) is 0 Å². The second kappa shape index (κ2) is 3.57. The lowest BCUT2D eigenvalue weighted by Gasteiger charge is -1.98. The zero-order valence-corrected chi connectivity index (χ0v) is 6.86. The molecular weight excluding hydrogens is 182 g/mol. The molecule has 66 valence electrons. The Kier molecular flexibility index (Phi) is 2.69. The van der Waals surface area contributed by atoms with E-state index in [4.69, 9.17) is 0 Å². The molecule has 0 radical (unpaired) electrons. The fourth-order valence-electron chi connectivity index (χ4n) is 0.546. The second-order valence-corrected chi connectivity index (χ2v) is 3.18. The highest BCUT2D eigenvalue weighted by Crippen LogP contribution is 1.95. The van der Waals surface area contributed by atoms with Crippen LogP contribution in [0.15, 0.2) is 18.6 Å². The van der Waals surface area contributed by atoms with Crippen molar-refractivity contribution < 1.29 is 12.6 Å². The van der Waals surface area contributed by atoms with Crippen molar-refractivity contribution in [1.82, 2.24) is 9.97 Å². The van der Waals surface area contributed by atoms with Gasteiger partial charge in [0.25, 0.3) is 0 Å². The third kappa shape index (κ3) is 3.37. The minimum Gasteiger partial charge on any atom is -0.252 e. The summed E-state index contributed by atoms with van der Waals surface area (Å²) in [6.45, 7) is -0.165. The number of hydrogen-bond acceptors (Lipinski definition) is 5. The van der Waals surface area contributed by atoms with E-state index in [-0.39, 0.29) is 6.61 Å². The van der Waals surface area contributed by atoms with Crippen molar-refractivity contribution in [3.8, 4) is 0 Å². The van der Waals surface area contributed by atoms with Gasteiger partial charge in [0.05, 0.1) is 5.69 Å². The average molecular weight is 189 g/mol. The van der Waals surface area contributed by atoms with E-state index in [9.17, 15) is 8.42 Å². The van der Waals surface area contributed by atoms with Crippen molar-refractivity contribution >= 4 is 10.3 Å². The van der Waals surface area contributed by atoms with Crippen molar-refractivity contribution in [2.24, 2.45) is 5.14 Å². The first-order chi connectivity index (χ1) is 5.58. The smallest absolute Gasteiger partial charge is 0.252 e. The predicted octanol–water partition coefficient (Wildman–Crippen LogP) is -0.803. The molecule has 1 rings (SSSR count). The standard InChI is InChI=1S/C5H7N3O3S/c6-12(9,10)11-3-5-1-2-7-4-8-5/h1-2,4H,3H2,(H2,6,9,10). The van der Waals surface area contributed by atoms with Crippen LogP contribution in [0, 0.1) is 0 Å². The van der Waals surface area contributed by atoms with E-state index in [1.54, 1.807) is 0 Å². The van der Waals surface area contributed by atoms with Crippen LogP contribution in [0.1, 0.15) is 5.69 Å². The third-order valence-electron chi connectivity index (χ3n) is 1.01. The maximum absolute atomic E-state index is 10.3. The molecule has 12 heavy (non-hydrogen) atoms. The molecule has 1 aromatic heterocycles. The van der Waals surface area contributed by atoms with Crippen molar-refractivity contribution in [3.63, 3.8) is 0 Å². The zero-order valence-electron chi connectivity index (χ0n) is 6.04. The van der Waals surface area contributed by atoms with Crippen LogP contribution in [0.4, 0.5) is 0 Å². The molecular formula is C5H7N3O3S.